The highest BCUT2D eigenvalue weighted by atomic mass is 32.1. The Morgan fingerprint density at radius 2 is 1.93 bits per heavy atom. The van der Waals surface area contributed by atoms with Gasteiger partial charge in [0.1, 0.15) is 0 Å². The van der Waals surface area contributed by atoms with Crippen molar-refractivity contribution in [2.45, 2.75) is 20.0 Å². The van der Waals surface area contributed by atoms with Gasteiger partial charge in [0.25, 0.3) is 5.91 Å². The summed E-state index contributed by atoms with van der Waals surface area (Å²) in [6.07, 6.45) is 1.92. The van der Waals surface area contributed by atoms with Crippen LogP contribution in [0, 0.1) is 6.92 Å². The molecule has 0 aliphatic heterocycles. The molecule has 1 aromatic carbocycles. The van der Waals surface area contributed by atoms with Gasteiger partial charge in [0.2, 0.25) is 5.91 Å². The van der Waals surface area contributed by atoms with E-state index in [0.29, 0.717) is 5.69 Å². The quantitative estimate of drug-likeness (QED) is 0.586. The minimum Gasteiger partial charge on any atom is -0.449 e. The van der Waals surface area contributed by atoms with Gasteiger partial charge in [-0.2, -0.15) is 0 Å². The van der Waals surface area contributed by atoms with Crippen molar-refractivity contribution >= 4 is 40.9 Å². The van der Waals surface area contributed by atoms with E-state index in [1.807, 2.05) is 36.6 Å². The van der Waals surface area contributed by atoms with E-state index < -0.39 is 18.0 Å². The first-order valence-electron chi connectivity index (χ1n) is 8.39. The highest BCUT2D eigenvalue weighted by molar-refractivity contribution is 7.10. The van der Waals surface area contributed by atoms with E-state index >= 15 is 0 Å². The molecule has 0 unspecified atom stereocenters. The Kier molecular flexibility index (Phi) is 7.31. The lowest BCUT2D eigenvalue weighted by Crippen LogP contribution is -2.41. The molecule has 1 heterocycles. The summed E-state index contributed by atoms with van der Waals surface area (Å²) < 4.78 is 5.10. The zero-order valence-electron chi connectivity index (χ0n) is 15.5. The number of nitrogens with zero attached hydrogens (tertiary/aromatic N) is 1. The highest BCUT2D eigenvalue weighted by Crippen LogP contribution is 2.11. The molecule has 1 aromatic heterocycles. The number of rotatable bonds is 7. The number of anilines is 1. The maximum absolute atomic E-state index is 12.3. The van der Waals surface area contributed by atoms with Gasteiger partial charge in [-0.05, 0) is 43.5 Å². The van der Waals surface area contributed by atoms with Crippen molar-refractivity contribution in [3.63, 3.8) is 0 Å². The second-order valence-corrected chi connectivity index (χ2v) is 7.02. The van der Waals surface area contributed by atoms with Crippen LogP contribution in [0.25, 0.3) is 6.08 Å². The number of hydrogen-bond acceptors (Lipinski definition) is 5. The zero-order valence-corrected chi connectivity index (χ0v) is 16.3. The second kappa shape index (κ2) is 9.68. The highest BCUT2D eigenvalue weighted by Gasteiger charge is 2.22. The summed E-state index contributed by atoms with van der Waals surface area (Å²) in [6.45, 7) is 3.30. The van der Waals surface area contributed by atoms with Crippen molar-refractivity contribution < 1.29 is 19.1 Å². The van der Waals surface area contributed by atoms with Crippen molar-refractivity contribution in [3.05, 3.63) is 58.3 Å². The Morgan fingerprint density at radius 1 is 1.22 bits per heavy atom. The first kappa shape index (κ1) is 20.4. The average Bonchev–Trinajstić information content (AvgIpc) is 3.14. The van der Waals surface area contributed by atoms with Crippen molar-refractivity contribution in [1.82, 2.24) is 4.90 Å². The number of nitrogens with one attached hydrogen (secondary N) is 1. The van der Waals surface area contributed by atoms with E-state index in [-0.39, 0.29) is 12.5 Å². The first-order valence-corrected chi connectivity index (χ1v) is 9.27. The van der Waals surface area contributed by atoms with Gasteiger partial charge in [0, 0.05) is 23.7 Å². The largest absolute Gasteiger partial charge is 0.449 e. The van der Waals surface area contributed by atoms with E-state index in [1.54, 1.807) is 18.2 Å². The molecule has 2 aromatic rings. The number of hydrogen-bond donors (Lipinski definition) is 1. The van der Waals surface area contributed by atoms with Gasteiger partial charge in [-0.3, -0.25) is 9.59 Å². The number of likely N-dealkylation sites (N-methyl/N-ethyl adjacent to an activating group) is 1. The van der Waals surface area contributed by atoms with Crippen molar-refractivity contribution in [2.24, 2.45) is 0 Å². The number of carbonyl (C=O) groups is 3. The normalized spacial score (nSPS) is 11.8. The lowest BCUT2D eigenvalue weighted by atomic mass is 10.2. The summed E-state index contributed by atoms with van der Waals surface area (Å²) in [5.74, 6) is -1.39. The van der Waals surface area contributed by atoms with Crippen LogP contribution in [0.4, 0.5) is 5.69 Å². The summed E-state index contributed by atoms with van der Waals surface area (Å²) in [4.78, 5) is 38.3. The van der Waals surface area contributed by atoms with Crippen LogP contribution in [0.5, 0.6) is 0 Å². The molecule has 2 amide bonds. The van der Waals surface area contributed by atoms with Crippen LogP contribution in [-0.2, 0) is 19.1 Å². The molecule has 7 heteroatoms. The standard InChI is InChI=1S/C20H22N2O4S/c1-14-6-8-16(9-7-14)21-18(23)13-22(3)20(25)15(2)26-19(24)11-10-17-5-4-12-27-17/h4-12,15H,13H2,1-3H3,(H,21,23)/b11-10+/t15-/m1/s1. The van der Waals surface area contributed by atoms with Crippen molar-refractivity contribution in [1.29, 1.82) is 0 Å². The van der Waals surface area contributed by atoms with Crippen molar-refractivity contribution in [2.75, 3.05) is 18.9 Å². The molecule has 0 saturated heterocycles. The van der Waals surface area contributed by atoms with Crippen LogP contribution in [0.3, 0.4) is 0 Å². The number of amides is 2. The number of thiophene rings is 1. The van der Waals surface area contributed by atoms with Gasteiger partial charge in [0.05, 0.1) is 6.54 Å². The average molecular weight is 386 g/mol. The molecule has 0 aliphatic carbocycles. The summed E-state index contributed by atoms with van der Waals surface area (Å²) in [6, 6.07) is 11.1. The second-order valence-electron chi connectivity index (χ2n) is 6.04. The number of ether oxygens (including phenoxy) is 1. The monoisotopic (exact) mass is 386 g/mol. The fraction of sp³-hybridized carbons (Fsp3) is 0.250. The van der Waals surface area contributed by atoms with Gasteiger partial charge in [-0.25, -0.2) is 4.79 Å². The maximum atomic E-state index is 12.3. The summed E-state index contributed by atoms with van der Waals surface area (Å²) in [5.41, 5.74) is 1.74. The fourth-order valence-corrected chi connectivity index (χ4v) is 2.86. The Bertz CT molecular complexity index is 813. The number of aryl methyl sites for hydroxylation is 1. The smallest absolute Gasteiger partial charge is 0.331 e. The number of carbonyl (C=O) groups excluding carboxylic acids is 3. The van der Waals surface area contributed by atoms with Gasteiger partial charge in [-0.1, -0.05) is 23.8 Å². The van der Waals surface area contributed by atoms with Crippen molar-refractivity contribution in [3.8, 4) is 0 Å². The molecule has 0 bridgehead atoms. The molecular formula is C20H22N2O4S. The third-order valence-electron chi connectivity index (χ3n) is 3.66. The third-order valence-corrected chi connectivity index (χ3v) is 4.50. The third kappa shape index (κ3) is 6.71. The molecule has 0 aliphatic rings. The molecular weight excluding hydrogens is 364 g/mol. The first-order chi connectivity index (χ1) is 12.8. The Morgan fingerprint density at radius 3 is 2.56 bits per heavy atom. The molecule has 1 atom stereocenters. The lowest BCUT2D eigenvalue weighted by Gasteiger charge is -2.20. The Hall–Kier alpha value is -2.93. The van der Waals surface area contributed by atoms with Gasteiger partial charge in [0.15, 0.2) is 6.10 Å². The molecule has 0 saturated carbocycles. The SMILES string of the molecule is Cc1ccc(NC(=O)CN(C)C(=O)[C@@H](C)OC(=O)/C=C/c2cccs2)cc1. The molecule has 0 spiro atoms. The van der Waals surface area contributed by atoms with Crippen LogP contribution in [0.15, 0.2) is 47.9 Å². The molecule has 27 heavy (non-hydrogen) atoms. The summed E-state index contributed by atoms with van der Waals surface area (Å²) in [5, 5.41) is 4.62. The van der Waals surface area contributed by atoms with E-state index in [0.717, 1.165) is 10.4 Å². The zero-order chi connectivity index (χ0) is 19.8. The number of benzene rings is 1. The van der Waals surface area contributed by atoms with E-state index in [9.17, 15) is 14.4 Å². The van der Waals surface area contributed by atoms with Gasteiger partial charge < -0.3 is 15.0 Å². The van der Waals surface area contributed by atoms with Crippen LogP contribution < -0.4 is 5.32 Å². The predicted molar refractivity (Wildman–Crippen MR) is 106 cm³/mol. The Labute approximate surface area is 162 Å². The maximum Gasteiger partial charge on any atom is 0.331 e. The number of esters is 1. The van der Waals surface area contributed by atoms with E-state index in [4.69, 9.17) is 4.74 Å². The topological polar surface area (TPSA) is 75.7 Å². The van der Waals surface area contributed by atoms with E-state index in [1.165, 1.54) is 36.3 Å². The van der Waals surface area contributed by atoms with Crippen LogP contribution >= 0.6 is 11.3 Å². The van der Waals surface area contributed by atoms with Gasteiger partial charge in [-0.15, -0.1) is 11.3 Å². The lowest BCUT2D eigenvalue weighted by molar-refractivity contribution is -0.154. The fourth-order valence-electron chi connectivity index (χ4n) is 2.24. The molecule has 142 valence electrons. The van der Waals surface area contributed by atoms with E-state index in [2.05, 4.69) is 5.32 Å². The Balaban J connectivity index is 1.81. The predicted octanol–water partition coefficient (Wildman–Crippen LogP) is 3.10. The van der Waals surface area contributed by atoms with Gasteiger partial charge >= 0.3 is 5.97 Å². The minimum absolute atomic E-state index is 0.139. The summed E-state index contributed by atoms with van der Waals surface area (Å²) >= 11 is 1.49. The molecule has 0 fully saturated rings. The van der Waals surface area contributed by atoms with Crippen LogP contribution in [0.1, 0.15) is 17.4 Å². The van der Waals surface area contributed by atoms with Crippen LogP contribution in [0.2, 0.25) is 0 Å². The molecule has 2 rings (SSSR count). The minimum atomic E-state index is -0.984. The molecule has 0 radical (unpaired) electrons. The summed E-state index contributed by atoms with van der Waals surface area (Å²) in [7, 11) is 1.49. The molecule has 1 N–H and O–H groups in total. The van der Waals surface area contributed by atoms with Crippen LogP contribution in [-0.4, -0.2) is 42.4 Å². The molecule has 6 nitrogen and oxygen atoms in total.